The van der Waals surface area contributed by atoms with E-state index in [1.807, 2.05) is 17.5 Å². The Labute approximate surface area is 195 Å². The molecule has 1 N–H and O–H groups in total. The molecule has 1 aromatic carbocycles. The van der Waals surface area contributed by atoms with E-state index in [9.17, 15) is 14.7 Å². The highest BCUT2D eigenvalue weighted by Gasteiger charge is 2.46. The van der Waals surface area contributed by atoms with Gasteiger partial charge in [-0.15, -0.1) is 11.3 Å². The summed E-state index contributed by atoms with van der Waals surface area (Å²) in [5, 5.41) is 13.3. The first-order valence-corrected chi connectivity index (χ1v) is 11.7. The van der Waals surface area contributed by atoms with Crippen LogP contribution in [0.25, 0.3) is 5.76 Å². The number of rotatable bonds is 7. The third-order valence-electron chi connectivity index (χ3n) is 5.75. The van der Waals surface area contributed by atoms with Crippen molar-refractivity contribution in [2.45, 2.75) is 12.5 Å². The van der Waals surface area contributed by atoms with E-state index in [1.54, 1.807) is 17.0 Å². The van der Waals surface area contributed by atoms with Crippen LogP contribution in [0.3, 0.4) is 0 Å². The van der Waals surface area contributed by atoms with Crippen LogP contribution < -0.4 is 4.74 Å². The lowest BCUT2D eigenvalue weighted by Crippen LogP contribution is -2.38. The smallest absolute Gasteiger partial charge is 0.295 e. The highest BCUT2D eigenvalue weighted by Crippen LogP contribution is 2.41. The van der Waals surface area contributed by atoms with Crippen LogP contribution in [-0.4, -0.2) is 73.1 Å². The van der Waals surface area contributed by atoms with Gasteiger partial charge in [0.2, 0.25) is 0 Å². The second-order valence-electron chi connectivity index (χ2n) is 7.66. The molecule has 32 heavy (non-hydrogen) atoms. The molecule has 170 valence electrons. The number of halogens is 1. The van der Waals surface area contributed by atoms with Gasteiger partial charge in [0, 0.05) is 36.6 Å². The summed E-state index contributed by atoms with van der Waals surface area (Å²) in [6, 6.07) is 7.91. The second-order valence-corrected chi connectivity index (χ2v) is 9.05. The maximum Gasteiger partial charge on any atom is 0.295 e. The fourth-order valence-corrected chi connectivity index (χ4v) is 5.21. The molecule has 1 amide bonds. The Morgan fingerprint density at radius 3 is 2.69 bits per heavy atom. The van der Waals surface area contributed by atoms with Gasteiger partial charge < -0.3 is 19.5 Å². The summed E-state index contributed by atoms with van der Waals surface area (Å²) in [6.45, 7) is 4.40. The number of ether oxygens (including phenoxy) is 2. The molecule has 0 spiro atoms. The molecule has 2 aliphatic heterocycles. The van der Waals surface area contributed by atoms with Gasteiger partial charge in [-0.05, 0) is 36.1 Å². The predicted molar refractivity (Wildman–Crippen MR) is 123 cm³/mol. The van der Waals surface area contributed by atoms with Crippen molar-refractivity contribution >= 4 is 40.4 Å². The Bertz CT molecular complexity index is 1020. The molecule has 0 bridgehead atoms. The van der Waals surface area contributed by atoms with Gasteiger partial charge in [0.1, 0.15) is 11.5 Å². The Balaban J connectivity index is 1.63. The van der Waals surface area contributed by atoms with Crippen LogP contribution >= 0.6 is 22.9 Å². The van der Waals surface area contributed by atoms with E-state index in [0.29, 0.717) is 36.1 Å². The summed E-state index contributed by atoms with van der Waals surface area (Å²) >= 11 is 7.67. The minimum absolute atomic E-state index is 0.0880. The van der Waals surface area contributed by atoms with E-state index >= 15 is 0 Å². The Morgan fingerprint density at radius 2 is 2.03 bits per heavy atom. The number of thiophene rings is 1. The van der Waals surface area contributed by atoms with Crippen LogP contribution in [0.1, 0.15) is 22.9 Å². The van der Waals surface area contributed by atoms with E-state index in [-0.39, 0.29) is 11.3 Å². The number of aliphatic hydroxyl groups excluding tert-OH is 1. The molecule has 7 nitrogen and oxygen atoms in total. The lowest BCUT2D eigenvalue weighted by atomic mass is 9.99. The average Bonchev–Trinajstić information content (AvgIpc) is 3.42. The lowest BCUT2D eigenvalue weighted by molar-refractivity contribution is -0.140. The molecule has 0 aliphatic carbocycles. The van der Waals surface area contributed by atoms with Crippen LogP contribution in [-0.2, 0) is 14.3 Å². The largest absolute Gasteiger partial charge is 0.507 e. The van der Waals surface area contributed by atoms with E-state index in [0.717, 1.165) is 30.9 Å². The monoisotopic (exact) mass is 476 g/mol. The van der Waals surface area contributed by atoms with E-state index in [2.05, 4.69) is 4.90 Å². The second kappa shape index (κ2) is 10.0. The van der Waals surface area contributed by atoms with Crippen LogP contribution in [0, 0.1) is 0 Å². The number of hydrogen-bond acceptors (Lipinski definition) is 7. The van der Waals surface area contributed by atoms with Gasteiger partial charge in [-0.3, -0.25) is 14.5 Å². The van der Waals surface area contributed by atoms with Crippen molar-refractivity contribution in [1.29, 1.82) is 0 Å². The molecule has 0 saturated carbocycles. The van der Waals surface area contributed by atoms with Gasteiger partial charge >= 0.3 is 0 Å². The number of aliphatic hydroxyl groups is 1. The molecule has 1 atom stereocenters. The Hall–Kier alpha value is -2.39. The van der Waals surface area contributed by atoms with Crippen molar-refractivity contribution in [1.82, 2.24) is 9.80 Å². The molecule has 2 aromatic rings. The van der Waals surface area contributed by atoms with E-state index in [4.69, 9.17) is 21.1 Å². The molecule has 0 radical (unpaired) electrons. The van der Waals surface area contributed by atoms with Crippen LogP contribution in [0.4, 0.5) is 0 Å². The molecule has 3 heterocycles. The first-order valence-electron chi connectivity index (χ1n) is 10.5. The number of Topliss-reactive ketones (excluding diaryl/α,β-unsaturated/α-hetero) is 1. The zero-order valence-corrected chi connectivity index (χ0v) is 19.3. The maximum atomic E-state index is 13.0. The number of likely N-dealkylation sites (tertiary alicyclic amines) is 1. The van der Waals surface area contributed by atoms with Crippen molar-refractivity contribution in [3.63, 3.8) is 0 Å². The van der Waals surface area contributed by atoms with Crippen LogP contribution in [0.5, 0.6) is 5.75 Å². The Morgan fingerprint density at radius 1 is 1.25 bits per heavy atom. The van der Waals surface area contributed by atoms with E-state index in [1.165, 1.54) is 24.5 Å². The third-order valence-corrected chi connectivity index (χ3v) is 6.98. The highest BCUT2D eigenvalue weighted by molar-refractivity contribution is 7.10. The van der Waals surface area contributed by atoms with Crippen molar-refractivity contribution in [2.24, 2.45) is 0 Å². The number of hydrogen-bond donors (Lipinski definition) is 1. The van der Waals surface area contributed by atoms with Crippen molar-refractivity contribution in [3.8, 4) is 5.75 Å². The van der Waals surface area contributed by atoms with Gasteiger partial charge in [0.15, 0.2) is 0 Å². The number of carbonyl (C=O) groups excluding carboxylic acids is 2. The van der Waals surface area contributed by atoms with Gasteiger partial charge in [0.05, 0.1) is 37.0 Å². The summed E-state index contributed by atoms with van der Waals surface area (Å²) in [5.74, 6) is -1.05. The first-order chi connectivity index (χ1) is 15.5. The summed E-state index contributed by atoms with van der Waals surface area (Å²) in [7, 11) is 1.50. The summed E-state index contributed by atoms with van der Waals surface area (Å²) in [4.78, 5) is 30.7. The number of ketones is 1. The molecule has 2 saturated heterocycles. The minimum atomic E-state index is -0.681. The standard InChI is InChI=1S/C23H25ClN2O5S/c1-30-17-6-5-15(14-16(17)24)21(27)19-20(18-4-2-13-32-18)26(23(29)22(19)28)8-3-7-25-9-11-31-12-10-25/h2,4-6,13-14,20,27H,3,7-12H2,1H3/b21-19+/t20-/m1/s1. The molecule has 2 aliphatic rings. The fraction of sp³-hybridized carbons (Fsp3) is 0.391. The zero-order valence-electron chi connectivity index (χ0n) is 17.8. The number of carbonyl (C=O) groups is 2. The quantitative estimate of drug-likeness (QED) is 0.374. The summed E-state index contributed by atoms with van der Waals surface area (Å²) in [6.07, 6.45) is 0.725. The molecule has 9 heteroatoms. The third kappa shape index (κ3) is 4.54. The fourth-order valence-electron chi connectivity index (χ4n) is 4.11. The number of amides is 1. The topological polar surface area (TPSA) is 79.3 Å². The first kappa shape index (κ1) is 22.8. The lowest BCUT2D eigenvalue weighted by Gasteiger charge is -2.28. The van der Waals surface area contributed by atoms with Crippen LogP contribution in [0.15, 0.2) is 41.3 Å². The van der Waals surface area contributed by atoms with Crippen molar-refractivity contribution in [2.75, 3.05) is 46.5 Å². The van der Waals surface area contributed by atoms with Gasteiger partial charge in [-0.2, -0.15) is 0 Å². The highest BCUT2D eigenvalue weighted by atomic mass is 35.5. The molecule has 1 aromatic heterocycles. The molecule has 2 fully saturated rings. The minimum Gasteiger partial charge on any atom is -0.507 e. The van der Waals surface area contributed by atoms with Crippen molar-refractivity contribution < 1.29 is 24.2 Å². The average molecular weight is 477 g/mol. The zero-order chi connectivity index (χ0) is 22.7. The predicted octanol–water partition coefficient (Wildman–Crippen LogP) is 3.55. The molecular weight excluding hydrogens is 452 g/mol. The molecule has 4 rings (SSSR count). The maximum absolute atomic E-state index is 13.0. The van der Waals surface area contributed by atoms with Crippen LogP contribution in [0.2, 0.25) is 5.02 Å². The summed E-state index contributed by atoms with van der Waals surface area (Å²) < 4.78 is 10.5. The normalized spacial score (nSPS) is 21.3. The SMILES string of the molecule is COc1ccc(/C(O)=C2\C(=O)C(=O)N(CCCN3CCOCC3)[C@@H]2c2cccs2)cc1Cl. The molecule has 0 unspecified atom stereocenters. The van der Waals surface area contributed by atoms with Gasteiger partial charge in [-0.25, -0.2) is 0 Å². The number of benzene rings is 1. The molecular formula is C23H25ClN2O5S. The number of methoxy groups -OCH3 is 1. The Kier molecular flexibility index (Phi) is 7.15. The number of morpholine rings is 1. The van der Waals surface area contributed by atoms with Crippen molar-refractivity contribution in [3.05, 3.63) is 56.7 Å². The van der Waals surface area contributed by atoms with Gasteiger partial charge in [-0.1, -0.05) is 17.7 Å². The van der Waals surface area contributed by atoms with Gasteiger partial charge in [0.25, 0.3) is 11.7 Å². The summed E-state index contributed by atoms with van der Waals surface area (Å²) in [5.41, 5.74) is 0.453. The van der Waals surface area contributed by atoms with E-state index < -0.39 is 17.7 Å². The number of nitrogens with zero attached hydrogens (tertiary/aromatic N) is 2.